The largest absolute Gasteiger partial charge is 0.388 e. The number of thiazole rings is 1. The molecule has 21 heavy (non-hydrogen) atoms. The first-order valence-electron chi connectivity index (χ1n) is 6.75. The summed E-state index contributed by atoms with van der Waals surface area (Å²) in [5, 5.41) is 10.2. The van der Waals surface area contributed by atoms with Crippen molar-refractivity contribution in [2.75, 3.05) is 5.73 Å². The average molecular weight is 312 g/mol. The van der Waals surface area contributed by atoms with E-state index >= 15 is 0 Å². The normalized spacial score (nSPS) is 25.7. The number of nitrogen functional groups attached to an aromatic ring is 1. The lowest BCUT2D eigenvalue weighted by atomic mass is 10.1. The third kappa shape index (κ3) is 2.37. The topological polar surface area (TPSA) is 123 Å². The van der Waals surface area contributed by atoms with Crippen molar-refractivity contribution in [3.8, 4) is 0 Å². The monoisotopic (exact) mass is 312 g/mol. The zero-order valence-electron chi connectivity index (χ0n) is 11.4. The Hall–Kier alpha value is -1.71. The lowest BCUT2D eigenvalue weighted by Gasteiger charge is -2.16. The predicted molar refractivity (Wildman–Crippen MR) is 78.4 cm³/mol. The van der Waals surface area contributed by atoms with E-state index < -0.39 is 22.8 Å². The van der Waals surface area contributed by atoms with E-state index in [1.165, 1.54) is 4.57 Å². The second-order valence-electron chi connectivity index (χ2n) is 5.08. The fourth-order valence-corrected chi connectivity index (χ4v) is 3.48. The molecule has 1 fully saturated rings. The molecular weight excluding hydrogens is 296 g/mol. The first kappa shape index (κ1) is 14.2. The Kier molecular flexibility index (Phi) is 3.56. The standard InChI is InChI=1S/C12H16N4O4S/c1-2-3-5-4-6(17)10(20-5)16-8-7(21-12(16)19)9(18)15-11(13)14-8/h5-6,10,17H,2-4H2,1H3,(H3,13,14,15,18)/t5?,6-,10?/m1/s1. The summed E-state index contributed by atoms with van der Waals surface area (Å²) in [4.78, 5) is 29.9. The molecule has 9 heteroatoms. The molecule has 0 amide bonds. The van der Waals surface area contributed by atoms with Gasteiger partial charge in [-0.2, -0.15) is 4.98 Å². The van der Waals surface area contributed by atoms with Crippen LogP contribution < -0.4 is 16.2 Å². The van der Waals surface area contributed by atoms with Crippen molar-refractivity contribution in [3.63, 3.8) is 0 Å². The van der Waals surface area contributed by atoms with Crippen molar-refractivity contribution < 1.29 is 9.84 Å². The molecule has 2 aromatic heterocycles. The zero-order chi connectivity index (χ0) is 15.1. The van der Waals surface area contributed by atoms with Crippen LogP contribution in [0.5, 0.6) is 0 Å². The molecule has 4 N–H and O–H groups in total. The number of anilines is 1. The van der Waals surface area contributed by atoms with Crippen molar-refractivity contribution in [2.45, 2.75) is 44.6 Å². The highest BCUT2D eigenvalue weighted by Gasteiger charge is 2.37. The summed E-state index contributed by atoms with van der Waals surface area (Å²) in [6.07, 6.45) is 0.461. The van der Waals surface area contributed by atoms with E-state index in [0.29, 0.717) is 6.42 Å². The van der Waals surface area contributed by atoms with Gasteiger partial charge in [-0.05, 0) is 6.42 Å². The van der Waals surface area contributed by atoms with Crippen molar-refractivity contribution in [1.82, 2.24) is 14.5 Å². The van der Waals surface area contributed by atoms with E-state index in [4.69, 9.17) is 10.5 Å². The highest BCUT2D eigenvalue weighted by molar-refractivity contribution is 7.16. The maximum atomic E-state index is 12.2. The summed E-state index contributed by atoms with van der Waals surface area (Å²) in [5.74, 6) is -0.0726. The average Bonchev–Trinajstić information content (AvgIpc) is 2.90. The molecule has 1 aliphatic heterocycles. The number of fused-ring (bicyclic) bond motifs is 1. The summed E-state index contributed by atoms with van der Waals surface area (Å²) < 4.78 is 7.17. The molecule has 0 aromatic carbocycles. The van der Waals surface area contributed by atoms with Gasteiger partial charge in [0, 0.05) is 6.42 Å². The number of hydrogen-bond acceptors (Lipinski definition) is 7. The Morgan fingerprint density at radius 1 is 1.57 bits per heavy atom. The molecule has 0 spiro atoms. The van der Waals surface area contributed by atoms with Gasteiger partial charge in [-0.1, -0.05) is 24.7 Å². The number of ether oxygens (including phenoxy) is 1. The maximum absolute atomic E-state index is 12.2. The zero-order valence-corrected chi connectivity index (χ0v) is 12.2. The summed E-state index contributed by atoms with van der Waals surface area (Å²) in [6, 6.07) is 0. The molecule has 8 nitrogen and oxygen atoms in total. The van der Waals surface area contributed by atoms with Gasteiger partial charge in [0.1, 0.15) is 10.8 Å². The molecule has 0 saturated carbocycles. The minimum Gasteiger partial charge on any atom is -0.388 e. The van der Waals surface area contributed by atoms with Gasteiger partial charge in [-0.15, -0.1) is 0 Å². The maximum Gasteiger partial charge on any atom is 0.311 e. The Morgan fingerprint density at radius 2 is 2.33 bits per heavy atom. The van der Waals surface area contributed by atoms with Gasteiger partial charge in [-0.3, -0.25) is 19.1 Å². The predicted octanol–water partition coefficient (Wildman–Crippen LogP) is 0.177. The molecule has 3 rings (SSSR count). The van der Waals surface area contributed by atoms with Crippen molar-refractivity contribution in [1.29, 1.82) is 0 Å². The number of aromatic amines is 1. The van der Waals surface area contributed by atoms with E-state index in [0.717, 1.165) is 24.2 Å². The van der Waals surface area contributed by atoms with Gasteiger partial charge in [-0.25, -0.2) is 0 Å². The highest BCUT2D eigenvalue weighted by atomic mass is 32.1. The molecule has 0 aliphatic carbocycles. The van der Waals surface area contributed by atoms with Crippen LogP contribution in [-0.2, 0) is 4.74 Å². The SMILES string of the molecule is CCCC1C[C@@H](O)C(n2c(=O)sc3c(=O)[nH]c(N)nc32)O1. The molecule has 0 bridgehead atoms. The van der Waals surface area contributed by atoms with Crippen LogP contribution in [0.1, 0.15) is 32.4 Å². The molecule has 3 atom stereocenters. The van der Waals surface area contributed by atoms with Crippen molar-refractivity contribution in [2.24, 2.45) is 0 Å². The fraction of sp³-hybridized carbons (Fsp3) is 0.583. The lowest BCUT2D eigenvalue weighted by Crippen LogP contribution is -2.27. The Balaban J connectivity index is 2.11. The van der Waals surface area contributed by atoms with Gasteiger partial charge in [0.2, 0.25) is 5.95 Å². The van der Waals surface area contributed by atoms with E-state index in [1.54, 1.807) is 0 Å². The third-order valence-corrected chi connectivity index (χ3v) is 4.47. The minimum absolute atomic E-state index is 0.0726. The van der Waals surface area contributed by atoms with Gasteiger partial charge in [0.25, 0.3) is 5.56 Å². The second kappa shape index (κ2) is 5.24. The number of nitrogens with two attached hydrogens (primary N) is 1. The van der Waals surface area contributed by atoms with Crippen molar-refractivity contribution >= 4 is 27.6 Å². The number of aromatic nitrogens is 3. The van der Waals surface area contributed by atoms with E-state index in [1.807, 2.05) is 6.92 Å². The Morgan fingerprint density at radius 3 is 3.05 bits per heavy atom. The first-order chi connectivity index (χ1) is 10.0. The van der Waals surface area contributed by atoms with Crippen LogP contribution in [0.4, 0.5) is 5.95 Å². The molecule has 114 valence electrons. The molecule has 1 saturated heterocycles. The third-order valence-electron chi connectivity index (χ3n) is 3.52. The molecule has 3 heterocycles. The van der Waals surface area contributed by atoms with Gasteiger partial charge < -0.3 is 15.6 Å². The fourth-order valence-electron chi connectivity index (χ4n) is 2.64. The van der Waals surface area contributed by atoms with Crippen LogP contribution in [-0.4, -0.2) is 31.8 Å². The quantitative estimate of drug-likeness (QED) is 0.742. The Bertz CT molecular complexity index is 780. The number of aliphatic hydroxyl groups is 1. The van der Waals surface area contributed by atoms with Crippen LogP contribution in [0.25, 0.3) is 10.3 Å². The number of aliphatic hydroxyl groups excluding tert-OH is 1. The minimum atomic E-state index is -0.823. The van der Waals surface area contributed by atoms with E-state index in [9.17, 15) is 14.7 Å². The number of nitrogens with zero attached hydrogens (tertiary/aromatic N) is 2. The van der Waals surface area contributed by atoms with E-state index in [2.05, 4.69) is 9.97 Å². The van der Waals surface area contributed by atoms with Crippen LogP contribution in [0.15, 0.2) is 9.59 Å². The van der Waals surface area contributed by atoms with Crippen LogP contribution in [0, 0.1) is 0 Å². The first-order valence-corrected chi connectivity index (χ1v) is 7.57. The second-order valence-corrected chi connectivity index (χ2v) is 6.04. The lowest BCUT2D eigenvalue weighted by molar-refractivity contribution is -0.0378. The highest BCUT2D eigenvalue weighted by Crippen LogP contribution is 2.32. The van der Waals surface area contributed by atoms with Gasteiger partial charge in [0.05, 0.1) is 6.10 Å². The summed E-state index contributed by atoms with van der Waals surface area (Å²) in [6.45, 7) is 2.02. The summed E-state index contributed by atoms with van der Waals surface area (Å²) >= 11 is 0.772. The molecule has 1 aliphatic rings. The van der Waals surface area contributed by atoms with E-state index in [-0.39, 0.29) is 22.4 Å². The number of hydrogen-bond donors (Lipinski definition) is 3. The van der Waals surface area contributed by atoms with Crippen molar-refractivity contribution in [3.05, 3.63) is 20.0 Å². The number of rotatable bonds is 3. The van der Waals surface area contributed by atoms with Crippen LogP contribution in [0.2, 0.25) is 0 Å². The molecule has 0 radical (unpaired) electrons. The van der Waals surface area contributed by atoms with Gasteiger partial charge in [0.15, 0.2) is 11.9 Å². The number of H-pyrrole nitrogens is 1. The van der Waals surface area contributed by atoms with Crippen LogP contribution >= 0.6 is 11.3 Å². The molecular formula is C12H16N4O4S. The smallest absolute Gasteiger partial charge is 0.311 e. The molecule has 2 aromatic rings. The summed E-state index contributed by atoms with van der Waals surface area (Å²) in [7, 11) is 0. The summed E-state index contributed by atoms with van der Waals surface area (Å²) in [5.41, 5.74) is 5.23. The van der Waals surface area contributed by atoms with Gasteiger partial charge >= 0.3 is 4.87 Å². The van der Waals surface area contributed by atoms with Crippen LogP contribution in [0.3, 0.4) is 0 Å². The molecule has 2 unspecified atom stereocenters. The Labute approximate surface area is 123 Å². The number of nitrogens with one attached hydrogen (secondary N) is 1.